The summed E-state index contributed by atoms with van der Waals surface area (Å²) >= 11 is 1.77. The van der Waals surface area contributed by atoms with Gasteiger partial charge < -0.3 is 10.1 Å². The molecular weight excluding hydrogens is 258 g/mol. The summed E-state index contributed by atoms with van der Waals surface area (Å²) in [4.78, 5) is 8.26. The summed E-state index contributed by atoms with van der Waals surface area (Å²) in [5, 5.41) is 3.58. The highest BCUT2D eigenvalue weighted by Gasteiger charge is 2.18. The molecule has 0 spiro atoms. The van der Waals surface area contributed by atoms with Gasteiger partial charge in [0.05, 0.1) is 17.8 Å². The van der Waals surface area contributed by atoms with E-state index >= 15 is 0 Å². The lowest BCUT2D eigenvalue weighted by atomic mass is 10.2. The van der Waals surface area contributed by atoms with Crippen LogP contribution in [0.2, 0.25) is 0 Å². The molecule has 0 radical (unpaired) electrons. The Labute approximate surface area is 120 Å². The van der Waals surface area contributed by atoms with Crippen molar-refractivity contribution in [3.05, 3.63) is 16.1 Å². The van der Waals surface area contributed by atoms with E-state index in [1.165, 1.54) is 30.0 Å². The highest BCUT2D eigenvalue weighted by atomic mass is 32.1. The summed E-state index contributed by atoms with van der Waals surface area (Å²) in [5.74, 6) is 0. The third kappa shape index (κ3) is 4.84. The fraction of sp³-hybridized carbons (Fsp3) is 0.786. The van der Waals surface area contributed by atoms with E-state index in [0.717, 1.165) is 32.7 Å². The van der Waals surface area contributed by atoms with E-state index in [9.17, 15) is 0 Å². The van der Waals surface area contributed by atoms with Crippen molar-refractivity contribution >= 4 is 11.3 Å². The number of nitrogens with one attached hydrogen (secondary N) is 1. The van der Waals surface area contributed by atoms with Gasteiger partial charge in [-0.25, -0.2) is 4.98 Å². The molecule has 0 aliphatic carbocycles. The fourth-order valence-corrected chi connectivity index (χ4v) is 3.34. The van der Waals surface area contributed by atoms with Crippen molar-refractivity contribution < 1.29 is 4.74 Å². The Hall–Kier alpha value is -0.490. The van der Waals surface area contributed by atoms with Gasteiger partial charge in [0.25, 0.3) is 0 Å². The van der Waals surface area contributed by atoms with Crippen molar-refractivity contribution in [2.24, 2.45) is 0 Å². The van der Waals surface area contributed by atoms with Gasteiger partial charge in [0.2, 0.25) is 0 Å². The van der Waals surface area contributed by atoms with Crippen molar-refractivity contribution in [2.75, 3.05) is 39.9 Å². The summed E-state index contributed by atoms with van der Waals surface area (Å²) in [5.41, 5.74) is 3.14. The molecule has 1 N–H and O–H groups in total. The predicted octanol–water partition coefficient (Wildman–Crippen LogP) is 1.69. The first-order chi connectivity index (χ1) is 9.29. The first-order valence-corrected chi connectivity index (χ1v) is 8.01. The van der Waals surface area contributed by atoms with Crippen molar-refractivity contribution in [1.29, 1.82) is 0 Å². The molecule has 0 aromatic carbocycles. The molecule has 1 unspecified atom stereocenters. The largest absolute Gasteiger partial charge is 0.383 e. The number of hydrogen-bond donors (Lipinski definition) is 1. The van der Waals surface area contributed by atoms with Crippen LogP contribution in [0, 0.1) is 6.92 Å². The predicted molar refractivity (Wildman–Crippen MR) is 79.9 cm³/mol. The normalized spacial score (nSPS) is 19.4. The van der Waals surface area contributed by atoms with Gasteiger partial charge in [-0.3, -0.25) is 4.90 Å². The van der Waals surface area contributed by atoms with Crippen LogP contribution in [0.3, 0.4) is 0 Å². The van der Waals surface area contributed by atoms with Crippen molar-refractivity contribution in [3.8, 4) is 0 Å². The Bertz CT molecular complexity index is 363. The van der Waals surface area contributed by atoms with Crippen molar-refractivity contribution in [3.63, 3.8) is 0 Å². The van der Waals surface area contributed by atoms with E-state index in [1.807, 2.05) is 5.51 Å². The second-order valence-electron chi connectivity index (χ2n) is 5.20. The standard InChI is InChI=1S/C14H25N3OS/c1-12-14(19-11-16-12)5-7-17(8-9-18-2)10-13-4-3-6-15-13/h11,13,15H,3-10H2,1-2H3. The first kappa shape index (κ1) is 14.9. The molecular formula is C14H25N3OS. The Morgan fingerprint density at radius 3 is 3.05 bits per heavy atom. The van der Waals surface area contributed by atoms with Gasteiger partial charge in [0, 0.05) is 37.7 Å². The summed E-state index contributed by atoms with van der Waals surface area (Å²) in [6.07, 6.45) is 3.73. The minimum atomic E-state index is 0.666. The highest BCUT2D eigenvalue weighted by molar-refractivity contribution is 7.09. The van der Waals surface area contributed by atoms with Crippen LogP contribution < -0.4 is 5.32 Å². The third-order valence-electron chi connectivity index (χ3n) is 3.75. The quantitative estimate of drug-likeness (QED) is 0.788. The van der Waals surface area contributed by atoms with Crippen LogP contribution in [0.1, 0.15) is 23.4 Å². The number of hydrogen-bond acceptors (Lipinski definition) is 5. The summed E-state index contributed by atoms with van der Waals surface area (Å²) in [7, 11) is 1.78. The van der Waals surface area contributed by atoms with Crippen LogP contribution in [-0.4, -0.2) is 55.8 Å². The number of methoxy groups -OCH3 is 1. The average molecular weight is 283 g/mol. The van der Waals surface area contributed by atoms with Gasteiger partial charge in [-0.2, -0.15) is 0 Å². The zero-order valence-corrected chi connectivity index (χ0v) is 12.8. The maximum Gasteiger partial charge on any atom is 0.0797 e. The topological polar surface area (TPSA) is 37.4 Å². The lowest BCUT2D eigenvalue weighted by Gasteiger charge is -2.25. The van der Waals surface area contributed by atoms with Crippen LogP contribution in [0.4, 0.5) is 0 Å². The van der Waals surface area contributed by atoms with Crippen LogP contribution in [-0.2, 0) is 11.2 Å². The van der Waals surface area contributed by atoms with Gasteiger partial charge >= 0.3 is 0 Å². The summed E-state index contributed by atoms with van der Waals surface area (Å²) in [6.45, 7) is 7.35. The van der Waals surface area contributed by atoms with Crippen LogP contribution in [0.25, 0.3) is 0 Å². The second kappa shape index (κ2) is 7.94. The maximum absolute atomic E-state index is 5.23. The number of aromatic nitrogens is 1. The van der Waals surface area contributed by atoms with Crippen LogP contribution in [0.15, 0.2) is 5.51 Å². The SMILES string of the molecule is COCCN(CCc1scnc1C)CC1CCCN1. The molecule has 0 saturated carbocycles. The molecule has 0 amide bonds. The molecule has 1 aliphatic rings. The molecule has 1 atom stereocenters. The lowest BCUT2D eigenvalue weighted by Crippen LogP contribution is -2.40. The molecule has 4 nitrogen and oxygen atoms in total. The maximum atomic E-state index is 5.23. The van der Waals surface area contributed by atoms with E-state index in [4.69, 9.17) is 4.74 Å². The fourth-order valence-electron chi connectivity index (χ4n) is 2.56. The number of ether oxygens (including phenoxy) is 1. The summed E-state index contributed by atoms with van der Waals surface area (Å²) < 4.78 is 5.23. The Balaban J connectivity index is 1.80. The molecule has 2 rings (SSSR count). The van der Waals surface area contributed by atoms with Gasteiger partial charge in [-0.05, 0) is 32.7 Å². The van der Waals surface area contributed by atoms with Crippen molar-refractivity contribution in [2.45, 2.75) is 32.2 Å². The smallest absolute Gasteiger partial charge is 0.0797 e. The molecule has 2 heterocycles. The zero-order chi connectivity index (χ0) is 13.5. The van der Waals surface area contributed by atoms with Crippen LogP contribution in [0.5, 0.6) is 0 Å². The number of rotatable bonds is 8. The average Bonchev–Trinajstić information content (AvgIpc) is 3.04. The number of aryl methyl sites for hydroxylation is 1. The monoisotopic (exact) mass is 283 g/mol. The van der Waals surface area contributed by atoms with E-state index in [1.54, 1.807) is 18.4 Å². The molecule has 108 valence electrons. The van der Waals surface area contributed by atoms with Gasteiger partial charge in [0.1, 0.15) is 0 Å². The molecule has 1 fully saturated rings. The molecule has 1 aromatic rings. The second-order valence-corrected chi connectivity index (χ2v) is 6.14. The van der Waals surface area contributed by atoms with Crippen LogP contribution >= 0.6 is 11.3 Å². The Kier molecular flexibility index (Phi) is 6.23. The first-order valence-electron chi connectivity index (χ1n) is 7.13. The zero-order valence-electron chi connectivity index (χ0n) is 12.0. The molecule has 19 heavy (non-hydrogen) atoms. The van der Waals surface area contributed by atoms with Crippen molar-refractivity contribution in [1.82, 2.24) is 15.2 Å². The lowest BCUT2D eigenvalue weighted by molar-refractivity contribution is 0.143. The number of nitrogens with zero attached hydrogens (tertiary/aromatic N) is 2. The molecule has 1 aromatic heterocycles. The van der Waals surface area contributed by atoms with E-state index in [0.29, 0.717) is 6.04 Å². The summed E-state index contributed by atoms with van der Waals surface area (Å²) in [6, 6.07) is 0.666. The minimum Gasteiger partial charge on any atom is -0.383 e. The van der Waals surface area contributed by atoms with Gasteiger partial charge in [-0.1, -0.05) is 0 Å². The Morgan fingerprint density at radius 1 is 1.53 bits per heavy atom. The van der Waals surface area contributed by atoms with E-state index in [2.05, 4.69) is 22.1 Å². The Morgan fingerprint density at radius 2 is 2.42 bits per heavy atom. The minimum absolute atomic E-state index is 0.666. The van der Waals surface area contributed by atoms with E-state index in [-0.39, 0.29) is 0 Å². The number of thiazole rings is 1. The van der Waals surface area contributed by atoms with Gasteiger partial charge in [0.15, 0.2) is 0 Å². The van der Waals surface area contributed by atoms with Gasteiger partial charge in [-0.15, -0.1) is 11.3 Å². The third-order valence-corrected chi connectivity index (χ3v) is 4.75. The molecule has 0 bridgehead atoms. The van der Waals surface area contributed by atoms with E-state index < -0.39 is 0 Å². The molecule has 1 saturated heterocycles. The molecule has 1 aliphatic heterocycles. The highest BCUT2D eigenvalue weighted by Crippen LogP contribution is 2.14. The molecule has 5 heteroatoms.